The van der Waals surface area contributed by atoms with Gasteiger partial charge in [0.25, 0.3) is 5.95 Å². The minimum atomic E-state index is 0.0467. The third-order valence-electron chi connectivity index (χ3n) is 2.08. The number of nitrogens with two attached hydrogens (primary N) is 1. The summed E-state index contributed by atoms with van der Waals surface area (Å²) in [5.74, 6) is 0.559. The molecule has 1 heterocycles. The van der Waals surface area contributed by atoms with Crippen molar-refractivity contribution < 1.29 is 9.84 Å². The number of benzene rings is 1. The number of nitrogens with zero attached hydrogens (tertiary/aromatic N) is 5. The number of phenolic OH excluding ortho intramolecular Hbond substituents is 1. The lowest BCUT2D eigenvalue weighted by atomic mass is 10.2. The largest absolute Gasteiger partial charge is 0.504 e. The molecule has 8 nitrogen and oxygen atoms in total. The maximum absolute atomic E-state index is 9.68. The van der Waals surface area contributed by atoms with Gasteiger partial charge in [-0.2, -0.15) is 5.10 Å². The van der Waals surface area contributed by atoms with Crippen LogP contribution in [0, 0.1) is 0 Å². The number of ether oxygens (including phenoxy) is 1. The van der Waals surface area contributed by atoms with E-state index in [2.05, 4.69) is 20.6 Å². The second-order valence-corrected chi connectivity index (χ2v) is 3.33. The van der Waals surface area contributed by atoms with Crippen LogP contribution >= 0.6 is 0 Å². The van der Waals surface area contributed by atoms with Crippen LogP contribution in [0.25, 0.3) is 0 Å². The minimum absolute atomic E-state index is 0.0467. The molecule has 94 valence electrons. The molecule has 0 bridgehead atoms. The van der Waals surface area contributed by atoms with E-state index in [0.717, 1.165) is 4.79 Å². The molecular formula is C10H12N6O2. The maximum atomic E-state index is 9.68. The van der Waals surface area contributed by atoms with Crippen molar-refractivity contribution in [1.82, 2.24) is 20.3 Å². The summed E-state index contributed by atoms with van der Waals surface area (Å²) in [6.07, 6.45) is 1.47. The number of aromatic nitrogens is 4. The van der Waals surface area contributed by atoms with E-state index in [0.29, 0.717) is 17.9 Å². The van der Waals surface area contributed by atoms with Crippen molar-refractivity contribution in [3.63, 3.8) is 0 Å². The van der Waals surface area contributed by atoms with Crippen LogP contribution < -0.4 is 10.5 Å². The molecule has 2 aromatic rings. The second-order valence-electron chi connectivity index (χ2n) is 3.33. The fraction of sp³-hybridized carbons (Fsp3) is 0.200. The standard InChI is InChI=1S/C10H12N6O2/c1-2-18-9-4-3-7(5-8(9)17)6-12-16-10(11)13-14-15-16/h3-6,17H,2H2,1H3,(H2,11,13,15)/b12-6+. The first-order chi connectivity index (χ1) is 8.70. The Morgan fingerprint density at radius 1 is 1.56 bits per heavy atom. The Balaban J connectivity index is 2.18. The molecule has 0 radical (unpaired) electrons. The zero-order valence-electron chi connectivity index (χ0n) is 9.69. The Hall–Kier alpha value is -2.64. The fourth-order valence-electron chi connectivity index (χ4n) is 1.29. The Bertz CT molecular complexity index is 565. The number of rotatable bonds is 4. The van der Waals surface area contributed by atoms with E-state index in [9.17, 15) is 5.11 Å². The Labute approximate surface area is 103 Å². The molecule has 0 unspecified atom stereocenters. The highest BCUT2D eigenvalue weighted by Gasteiger charge is 2.02. The van der Waals surface area contributed by atoms with Crippen molar-refractivity contribution >= 4 is 12.2 Å². The van der Waals surface area contributed by atoms with Gasteiger partial charge in [0.05, 0.1) is 12.8 Å². The average molecular weight is 248 g/mol. The Morgan fingerprint density at radius 3 is 3.00 bits per heavy atom. The quantitative estimate of drug-likeness (QED) is 0.750. The molecule has 0 aliphatic heterocycles. The molecule has 0 aliphatic rings. The predicted octanol–water partition coefficient (Wildman–Crippen LogP) is 0.242. The van der Waals surface area contributed by atoms with Crippen LogP contribution in [0.4, 0.5) is 5.95 Å². The Morgan fingerprint density at radius 2 is 2.39 bits per heavy atom. The first kappa shape index (κ1) is 11.8. The van der Waals surface area contributed by atoms with Crippen molar-refractivity contribution in [3.8, 4) is 11.5 Å². The van der Waals surface area contributed by atoms with Crippen molar-refractivity contribution in [2.75, 3.05) is 12.3 Å². The zero-order valence-corrected chi connectivity index (χ0v) is 9.69. The molecule has 1 aromatic carbocycles. The number of nitrogen functional groups attached to an aromatic ring is 1. The lowest BCUT2D eigenvalue weighted by molar-refractivity contribution is 0.318. The molecule has 2 rings (SSSR count). The average Bonchev–Trinajstić information content (AvgIpc) is 2.76. The minimum Gasteiger partial charge on any atom is -0.504 e. The van der Waals surface area contributed by atoms with Crippen LogP contribution in [-0.4, -0.2) is 38.2 Å². The van der Waals surface area contributed by atoms with Crippen LogP contribution in [0.15, 0.2) is 23.3 Å². The van der Waals surface area contributed by atoms with Crippen molar-refractivity contribution in [2.24, 2.45) is 5.10 Å². The van der Waals surface area contributed by atoms with Crippen molar-refractivity contribution in [2.45, 2.75) is 6.92 Å². The van der Waals surface area contributed by atoms with Gasteiger partial charge in [-0.05, 0) is 41.1 Å². The van der Waals surface area contributed by atoms with Gasteiger partial charge in [0.2, 0.25) is 0 Å². The highest BCUT2D eigenvalue weighted by atomic mass is 16.5. The molecule has 0 saturated carbocycles. The van der Waals surface area contributed by atoms with Gasteiger partial charge >= 0.3 is 0 Å². The van der Waals surface area contributed by atoms with E-state index in [1.807, 2.05) is 6.92 Å². The summed E-state index contributed by atoms with van der Waals surface area (Å²) in [7, 11) is 0. The molecule has 0 saturated heterocycles. The van der Waals surface area contributed by atoms with E-state index in [1.165, 1.54) is 12.3 Å². The molecule has 18 heavy (non-hydrogen) atoms. The first-order valence-electron chi connectivity index (χ1n) is 5.24. The van der Waals surface area contributed by atoms with Crippen molar-refractivity contribution in [3.05, 3.63) is 23.8 Å². The highest BCUT2D eigenvalue weighted by Crippen LogP contribution is 2.26. The molecular weight excluding hydrogens is 236 g/mol. The zero-order chi connectivity index (χ0) is 13.0. The van der Waals surface area contributed by atoms with Crippen LogP contribution in [0.5, 0.6) is 11.5 Å². The summed E-state index contributed by atoms with van der Waals surface area (Å²) in [5, 5.41) is 24.0. The monoisotopic (exact) mass is 248 g/mol. The molecule has 3 N–H and O–H groups in total. The van der Waals surface area contributed by atoms with Crippen LogP contribution in [0.1, 0.15) is 12.5 Å². The molecule has 8 heteroatoms. The summed E-state index contributed by atoms with van der Waals surface area (Å²) in [5.41, 5.74) is 6.11. The topological polar surface area (TPSA) is 111 Å². The number of aromatic hydroxyl groups is 1. The number of anilines is 1. The molecule has 0 atom stereocenters. The van der Waals surface area contributed by atoms with E-state index < -0.39 is 0 Å². The number of tetrazole rings is 1. The van der Waals surface area contributed by atoms with Gasteiger partial charge in [-0.15, -0.1) is 0 Å². The molecule has 0 spiro atoms. The van der Waals surface area contributed by atoms with Crippen LogP contribution in [-0.2, 0) is 0 Å². The van der Waals surface area contributed by atoms with Crippen LogP contribution in [0.2, 0.25) is 0 Å². The van der Waals surface area contributed by atoms with E-state index in [4.69, 9.17) is 10.5 Å². The Kier molecular flexibility index (Phi) is 3.37. The fourth-order valence-corrected chi connectivity index (χ4v) is 1.29. The van der Waals surface area contributed by atoms with E-state index in [-0.39, 0.29) is 11.7 Å². The van der Waals surface area contributed by atoms with Crippen molar-refractivity contribution in [1.29, 1.82) is 0 Å². The lowest BCUT2D eigenvalue weighted by Crippen LogP contribution is -1.99. The SMILES string of the molecule is CCOc1ccc(/C=N/n2nnnc2N)cc1O. The summed E-state index contributed by atoms with van der Waals surface area (Å²) in [6.45, 7) is 2.33. The summed E-state index contributed by atoms with van der Waals surface area (Å²) in [6, 6.07) is 4.92. The van der Waals surface area contributed by atoms with E-state index in [1.54, 1.807) is 12.1 Å². The van der Waals surface area contributed by atoms with Gasteiger partial charge in [0.15, 0.2) is 11.5 Å². The first-order valence-corrected chi connectivity index (χ1v) is 5.24. The lowest BCUT2D eigenvalue weighted by Gasteiger charge is -2.05. The summed E-state index contributed by atoms with van der Waals surface area (Å²) < 4.78 is 5.21. The van der Waals surface area contributed by atoms with Gasteiger partial charge in [0, 0.05) is 0 Å². The predicted molar refractivity (Wildman–Crippen MR) is 64.5 cm³/mol. The van der Waals surface area contributed by atoms with Gasteiger partial charge in [0.1, 0.15) is 0 Å². The van der Waals surface area contributed by atoms with Gasteiger partial charge < -0.3 is 15.6 Å². The molecule has 0 amide bonds. The highest BCUT2D eigenvalue weighted by molar-refractivity contribution is 5.80. The smallest absolute Gasteiger partial charge is 0.263 e. The summed E-state index contributed by atoms with van der Waals surface area (Å²) in [4.78, 5) is 1.08. The number of hydrogen-bond donors (Lipinski definition) is 2. The third-order valence-corrected chi connectivity index (χ3v) is 2.08. The van der Waals surface area contributed by atoms with E-state index >= 15 is 0 Å². The van der Waals surface area contributed by atoms with Gasteiger partial charge in [-0.1, -0.05) is 9.89 Å². The number of phenols is 1. The maximum Gasteiger partial charge on any atom is 0.263 e. The molecule has 0 fully saturated rings. The summed E-state index contributed by atoms with van der Waals surface area (Å²) >= 11 is 0. The number of hydrogen-bond acceptors (Lipinski definition) is 7. The second kappa shape index (κ2) is 5.13. The third kappa shape index (κ3) is 2.54. The molecule has 1 aromatic heterocycles. The van der Waals surface area contributed by atoms with Gasteiger partial charge in [-0.3, -0.25) is 0 Å². The van der Waals surface area contributed by atoms with Gasteiger partial charge in [-0.25, -0.2) is 0 Å². The van der Waals surface area contributed by atoms with Crippen LogP contribution in [0.3, 0.4) is 0 Å². The molecule has 0 aliphatic carbocycles. The normalized spacial score (nSPS) is 10.9.